The van der Waals surface area contributed by atoms with Crippen LogP contribution in [0.1, 0.15) is 159 Å². The van der Waals surface area contributed by atoms with Gasteiger partial charge in [-0.1, -0.05) is 47.1 Å². The number of hydrogen-bond donors (Lipinski definition) is 30. The van der Waals surface area contributed by atoms with E-state index >= 15 is 14.0 Å². The molecular formula is C93H132FN13O40S2. The zero-order valence-electron chi connectivity index (χ0n) is 81.4. The number of aromatic amines is 1. The number of fused-ring (bicyclic) bond motifs is 6. The summed E-state index contributed by atoms with van der Waals surface area (Å²) in [6.07, 6.45) is -35.5. The number of carbonyl (C=O) groups is 17. The summed E-state index contributed by atoms with van der Waals surface area (Å²) in [4.78, 5) is 259. The van der Waals surface area contributed by atoms with Crippen molar-refractivity contribution in [3.8, 4) is 0 Å². The van der Waals surface area contributed by atoms with Crippen LogP contribution in [-0.2, 0) is 87.9 Å². The second-order valence-electron chi connectivity index (χ2n) is 37.8. The Hall–Kier alpha value is -11.7. The molecule has 0 bridgehead atoms. The van der Waals surface area contributed by atoms with Crippen molar-refractivity contribution >= 4 is 145 Å². The van der Waals surface area contributed by atoms with E-state index in [9.17, 15) is 179 Å². The number of rotatable bonds is 66. The van der Waals surface area contributed by atoms with Gasteiger partial charge in [-0.3, -0.25) is 76.9 Å². The zero-order valence-corrected chi connectivity index (χ0v) is 83.0. The molecule has 1 aromatic carbocycles. The lowest BCUT2D eigenvalue weighted by atomic mass is 9.45. The molecule has 3 fully saturated rings. The van der Waals surface area contributed by atoms with Crippen LogP contribution >= 0.6 is 21.6 Å². The monoisotopic (exact) mass is 2150 g/mol. The number of aliphatic hydroxyl groups is 16. The van der Waals surface area contributed by atoms with Crippen LogP contribution in [0.2, 0.25) is 0 Å². The van der Waals surface area contributed by atoms with Crippen LogP contribution in [0.5, 0.6) is 0 Å². The number of benzene rings is 1. The summed E-state index contributed by atoms with van der Waals surface area (Å²) in [7, 11) is 1.66. The van der Waals surface area contributed by atoms with Crippen LogP contribution in [0.15, 0.2) is 59.1 Å². The number of hydrogen-bond acceptors (Lipinski definition) is 43. The summed E-state index contributed by atoms with van der Waals surface area (Å²) < 4.78 is 28.2. The minimum atomic E-state index is -2.26. The van der Waals surface area contributed by atoms with Crippen LogP contribution in [0.25, 0.3) is 11.2 Å². The minimum Gasteiger partial charge on any atom is -0.481 e. The Labute approximate surface area is 857 Å². The summed E-state index contributed by atoms with van der Waals surface area (Å²) in [6.45, 7) is -1.97. The van der Waals surface area contributed by atoms with Crippen molar-refractivity contribution in [1.82, 2.24) is 57.2 Å². The molecule has 2 aromatic heterocycles. The second kappa shape index (κ2) is 58.1. The van der Waals surface area contributed by atoms with E-state index in [1.54, 1.807) is 6.92 Å². The molecule has 2 heterocycles. The van der Waals surface area contributed by atoms with E-state index in [-0.39, 0.29) is 64.7 Å². The van der Waals surface area contributed by atoms with Gasteiger partial charge < -0.3 is 160 Å². The predicted molar refractivity (Wildman–Crippen MR) is 514 cm³/mol. The molecule has 0 spiro atoms. The standard InChI is InChI=1S/C93H132FN13O40S2/c1-42-26-53-52-13-9-47-30-51(112)22-23-92(47,3)93(52,94)67(122)31-91(53,2)73(42)66(121)40-147-90(145)146-24-25-148-149-41-57(88(143)144)105-85(139)46(8-19-70(125)99-36-62(117)77(132)80(135)65(120)39-110)29-59(114)55(16-21-72(128)129)103-84(138)45(7-18-69(124)98-35-61(116)76(131)79(134)64(119)38-109)28-58(113)54(15-20-71(126)127)102-83(137)44(6-17-68(123)97-34-60(115)75(130)78(133)63(118)37-108)27-50(111)12-14-56(87(141)142)104-82(136)43-4-10-48(11-5-43)96-32-49-33-100-81-74(101-49)86(140)107-89(95)106-81/h4-5,10-11,22-23,30,33,42,44-46,52-57,60-65,67,73,75-80,96,108-110,115-120,122,130-135H,6-9,12-21,24-29,31-32,34-41H2,1-3H3,(H,97,123)(H,98,124)(H,99,125)(H,102,137)(H,103,138)(H,104,136)(H,105,139)(H,126,127)(H,128,129)(H,141,142)(H,143,144)(H3,95,100,106,107,140)/t42-,44+,45+,46+,52-,53-,54+,55+,56+,57+,60-,61-,62-,63+,64+,65+,67-,73+,75+,76+,77+,78+,79+,80+,91-,92-,93-/m0/s1. The van der Waals surface area contributed by atoms with Gasteiger partial charge in [-0.05, 0) is 125 Å². The van der Waals surface area contributed by atoms with Crippen LogP contribution in [0.3, 0.4) is 0 Å². The van der Waals surface area contributed by atoms with Crippen molar-refractivity contribution in [3.63, 3.8) is 0 Å². The van der Waals surface area contributed by atoms with Crippen molar-refractivity contribution in [2.24, 2.45) is 52.3 Å². The average Bonchev–Trinajstić information content (AvgIpc) is 1.59. The quantitative estimate of drug-likeness (QED) is 0.0142. The predicted octanol–water partition coefficient (Wildman–Crippen LogP) is -6.80. The fourth-order valence-electron chi connectivity index (χ4n) is 18.9. The summed E-state index contributed by atoms with van der Waals surface area (Å²) in [5, 5.41) is 222. The Balaban J connectivity index is 1.09. The number of H-pyrrole nitrogens is 1. The molecule has 3 saturated carbocycles. The van der Waals surface area contributed by atoms with E-state index in [0.29, 0.717) is 30.5 Å². The van der Waals surface area contributed by atoms with Gasteiger partial charge in [0.1, 0.15) is 79.4 Å². The molecule has 7 rings (SSSR count). The van der Waals surface area contributed by atoms with E-state index in [1.165, 1.54) is 48.7 Å². The van der Waals surface area contributed by atoms with Crippen molar-refractivity contribution in [2.45, 2.75) is 258 Å². The molecule has 31 N–H and O–H groups in total. The SMILES string of the molecule is C[C@H]1C[C@H]2[C@@H]3CCC4=CC(=O)C=C[C@]4(C)[C@@]3(F)[C@@H](O)C[C@]2(C)[C@H]1C(=O)COC(=O)OCCSSC[C@@H](NC(=O)[C@H](CCC(=O)NC[C@H](O)[C@@H](O)[C@H](O)[C@H](O)CO)CC(=O)[C@@H](CCC(=O)O)NC(=O)[C@H](CCC(=O)NC[C@H](O)[C@@H](O)[C@H](O)[C@H](O)CO)CC(=O)[C@@H](CCC(=O)O)NC(=O)[C@H](CCC(=O)NC[C@H](O)[C@@H](O)[C@H](O)[C@H](O)CO)CC(=O)CC[C@@H](NC(=O)c1ccc(NCc2cnc3nc(N)[nH]c(=O)c3n2)cc1)C(=O)O)C(=O)O. The fraction of sp³-hybridized carbons (Fsp3) is 0.645. The molecule has 0 unspecified atom stereocenters. The van der Waals surface area contributed by atoms with E-state index in [1.807, 2.05) is 13.8 Å². The molecule has 828 valence electrons. The number of aliphatic hydroxyl groups excluding tert-OH is 16. The van der Waals surface area contributed by atoms with E-state index < -0.39 is 404 Å². The van der Waals surface area contributed by atoms with Crippen molar-refractivity contribution in [2.75, 3.05) is 75.2 Å². The van der Waals surface area contributed by atoms with Gasteiger partial charge in [-0.2, -0.15) is 4.98 Å². The Bertz CT molecular complexity index is 5320. The zero-order chi connectivity index (χ0) is 111. The van der Waals surface area contributed by atoms with Crippen LogP contribution in [0, 0.1) is 52.3 Å². The molecule has 0 saturated heterocycles. The number of amides is 7. The first-order valence-electron chi connectivity index (χ1n) is 47.8. The van der Waals surface area contributed by atoms with Crippen molar-refractivity contribution in [1.29, 1.82) is 0 Å². The topological polar surface area (TPSA) is 907 Å². The number of carboxylic acids is 4. The maximum absolute atomic E-state index is 17.7. The van der Waals surface area contributed by atoms with Gasteiger partial charge in [-0.25, -0.2) is 28.7 Å². The molecule has 7 amide bonds. The van der Waals surface area contributed by atoms with E-state index in [0.717, 1.165) is 21.6 Å². The molecule has 4 aliphatic rings. The van der Waals surface area contributed by atoms with Crippen LogP contribution in [0.4, 0.5) is 20.8 Å². The number of Topliss-reactive ketones (excluding diaryl/α,β-unsaturated/α-hetero) is 4. The molecule has 3 aromatic rings. The maximum Gasteiger partial charge on any atom is 0.508 e. The number of nitrogen functional groups attached to an aromatic ring is 1. The van der Waals surface area contributed by atoms with Crippen molar-refractivity contribution in [3.05, 3.63) is 75.9 Å². The number of aromatic nitrogens is 4. The third kappa shape index (κ3) is 35.2. The summed E-state index contributed by atoms with van der Waals surface area (Å²) >= 11 is 0. The van der Waals surface area contributed by atoms with Gasteiger partial charge in [0.15, 0.2) is 46.6 Å². The normalized spacial score (nSPS) is 22.6. The number of anilines is 2. The Kier molecular flexibility index (Phi) is 48.4. The summed E-state index contributed by atoms with van der Waals surface area (Å²) in [6, 6.07) is -2.56. The lowest BCUT2D eigenvalue weighted by Gasteiger charge is -2.61. The third-order valence-electron chi connectivity index (χ3n) is 27.2. The number of nitrogens with zero attached hydrogens (tertiary/aromatic N) is 3. The largest absolute Gasteiger partial charge is 0.508 e. The van der Waals surface area contributed by atoms with Gasteiger partial charge in [0, 0.05) is 135 Å². The molecule has 53 nitrogen and oxygen atoms in total. The van der Waals surface area contributed by atoms with Crippen LogP contribution < -0.4 is 53.8 Å². The number of aliphatic carboxylic acids is 4. The first-order valence-corrected chi connectivity index (χ1v) is 50.3. The number of nitrogens with one attached hydrogen (secondary N) is 9. The minimum absolute atomic E-state index is 0.00618. The number of halogens is 1. The number of carboxylic acid groups (broad SMARTS) is 4. The van der Waals surface area contributed by atoms with Gasteiger partial charge in [0.2, 0.25) is 41.4 Å². The number of ether oxygens (including phenoxy) is 2. The number of allylic oxidation sites excluding steroid dienone is 4. The van der Waals surface area contributed by atoms with Gasteiger partial charge in [0.05, 0.1) is 74.8 Å². The lowest BCUT2D eigenvalue weighted by Crippen LogP contribution is -2.66. The van der Waals surface area contributed by atoms with Crippen LogP contribution in [-0.4, -0.2) is 396 Å². The molecule has 56 heteroatoms. The smallest absolute Gasteiger partial charge is 0.481 e. The number of ketones is 5. The van der Waals surface area contributed by atoms with E-state index in [2.05, 4.69) is 62.5 Å². The Morgan fingerprint density at radius 2 is 1.03 bits per heavy atom. The average molecular weight is 2160 g/mol. The maximum atomic E-state index is 17.7. The molecule has 0 aliphatic heterocycles. The van der Waals surface area contributed by atoms with E-state index in [4.69, 9.17) is 15.2 Å². The first kappa shape index (κ1) is 124. The molecular weight excluding hydrogens is 2020 g/mol. The first-order chi connectivity index (χ1) is 70.1. The molecule has 27 atom stereocenters. The third-order valence-corrected chi connectivity index (χ3v) is 29.6. The number of nitrogens with two attached hydrogens (primary N) is 1. The number of carbonyl (C=O) groups excluding carboxylic acids is 13. The van der Waals surface area contributed by atoms with Gasteiger partial charge >= 0.3 is 30.0 Å². The summed E-state index contributed by atoms with van der Waals surface area (Å²) in [5.74, 6) is -28.3. The highest BCUT2D eigenvalue weighted by atomic mass is 33.1. The summed E-state index contributed by atoms with van der Waals surface area (Å²) in [5.41, 5.74) is 1.56. The number of alkyl halides is 1. The highest BCUT2D eigenvalue weighted by Gasteiger charge is 2.72. The van der Waals surface area contributed by atoms with Crippen molar-refractivity contribution < 1.29 is 198 Å². The molecule has 0 radical (unpaired) electrons. The fourth-order valence-corrected chi connectivity index (χ4v) is 20.9. The van der Waals surface area contributed by atoms with Gasteiger partial charge in [-0.15, -0.1) is 0 Å². The Morgan fingerprint density at radius 1 is 0.564 bits per heavy atom. The molecule has 4 aliphatic carbocycles. The highest BCUT2D eigenvalue weighted by molar-refractivity contribution is 8.76. The molecule has 149 heavy (non-hydrogen) atoms. The van der Waals surface area contributed by atoms with Gasteiger partial charge in [0.25, 0.3) is 11.5 Å². The Morgan fingerprint density at radius 3 is 1.50 bits per heavy atom. The highest BCUT2D eigenvalue weighted by Crippen LogP contribution is 2.70. The second-order valence-corrected chi connectivity index (χ2v) is 40.4. The lowest BCUT2D eigenvalue weighted by molar-refractivity contribution is -0.196.